The van der Waals surface area contributed by atoms with Crippen molar-refractivity contribution in [3.05, 3.63) is 53.1 Å². The zero-order chi connectivity index (χ0) is 15.0. The number of nitrogens with zero attached hydrogens (tertiary/aromatic N) is 3. The van der Waals surface area contributed by atoms with Gasteiger partial charge in [0.2, 0.25) is 0 Å². The van der Waals surface area contributed by atoms with Gasteiger partial charge in [-0.15, -0.1) is 5.10 Å². The molecule has 3 aromatic rings. The van der Waals surface area contributed by atoms with E-state index >= 15 is 0 Å². The highest BCUT2D eigenvalue weighted by molar-refractivity contribution is 6.30. The molecule has 5 nitrogen and oxygen atoms in total. The predicted octanol–water partition coefficient (Wildman–Crippen LogP) is 3.18. The molecule has 106 valence electrons. The predicted molar refractivity (Wildman–Crippen MR) is 82.6 cm³/mol. The smallest absolute Gasteiger partial charge is 0.156 e. The quantitative estimate of drug-likeness (QED) is 0.762. The molecule has 1 aromatic heterocycles. The van der Waals surface area contributed by atoms with E-state index in [1.807, 2.05) is 19.1 Å². The maximum atomic E-state index is 9.90. The summed E-state index contributed by atoms with van der Waals surface area (Å²) in [5.41, 5.74) is 8.98. The van der Waals surface area contributed by atoms with Gasteiger partial charge in [-0.2, -0.15) is 4.68 Å². The first kappa shape index (κ1) is 13.5. The maximum absolute atomic E-state index is 9.90. The molecule has 0 aliphatic heterocycles. The molecule has 0 atom stereocenters. The van der Waals surface area contributed by atoms with Crippen molar-refractivity contribution in [3.8, 4) is 22.7 Å². The van der Waals surface area contributed by atoms with Crippen LogP contribution in [0.5, 0.6) is 5.75 Å². The molecule has 21 heavy (non-hydrogen) atoms. The van der Waals surface area contributed by atoms with Crippen molar-refractivity contribution < 1.29 is 5.11 Å². The van der Waals surface area contributed by atoms with E-state index in [1.54, 1.807) is 30.3 Å². The average Bonchev–Trinajstić information content (AvgIpc) is 2.84. The molecule has 0 amide bonds. The van der Waals surface area contributed by atoms with Crippen molar-refractivity contribution in [1.82, 2.24) is 15.0 Å². The van der Waals surface area contributed by atoms with Gasteiger partial charge in [-0.25, -0.2) is 0 Å². The minimum absolute atomic E-state index is 0.0865. The fraction of sp³-hybridized carbons (Fsp3) is 0.0667. The highest BCUT2D eigenvalue weighted by atomic mass is 35.5. The second-order valence-corrected chi connectivity index (χ2v) is 5.12. The Labute approximate surface area is 126 Å². The van der Waals surface area contributed by atoms with E-state index in [9.17, 15) is 5.11 Å². The van der Waals surface area contributed by atoms with Gasteiger partial charge in [0, 0.05) is 10.6 Å². The number of hydrogen-bond donors (Lipinski definition) is 2. The summed E-state index contributed by atoms with van der Waals surface area (Å²) in [6.07, 6.45) is 0. The molecule has 0 spiro atoms. The zero-order valence-corrected chi connectivity index (χ0v) is 12.0. The van der Waals surface area contributed by atoms with Crippen LogP contribution in [0.15, 0.2) is 42.5 Å². The molecule has 6 heteroatoms. The first-order valence-electron chi connectivity index (χ1n) is 6.34. The number of aromatic hydroxyl groups is 1. The second kappa shape index (κ2) is 5.10. The molecule has 3 rings (SSSR count). The van der Waals surface area contributed by atoms with Gasteiger partial charge < -0.3 is 10.8 Å². The number of rotatable bonds is 2. The van der Waals surface area contributed by atoms with E-state index in [-0.39, 0.29) is 5.75 Å². The van der Waals surface area contributed by atoms with Crippen molar-refractivity contribution in [1.29, 1.82) is 0 Å². The van der Waals surface area contributed by atoms with Crippen LogP contribution >= 0.6 is 11.6 Å². The summed E-state index contributed by atoms with van der Waals surface area (Å²) in [5, 5.41) is 18.7. The van der Waals surface area contributed by atoms with Gasteiger partial charge in [0.1, 0.15) is 17.1 Å². The number of anilines is 1. The minimum Gasteiger partial charge on any atom is -0.506 e. The summed E-state index contributed by atoms with van der Waals surface area (Å²) in [5.74, 6) is 0.435. The van der Waals surface area contributed by atoms with Crippen LogP contribution in [0, 0.1) is 6.92 Å². The third-order valence-electron chi connectivity index (χ3n) is 3.27. The van der Waals surface area contributed by atoms with Crippen molar-refractivity contribution in [2.45, 2.75) is 6.92 Å². The van der Waals surface area contributed by atoms with Crippen LogP contribution < -0.4 is 5.73 Å². The number of hydrogen-bond acceptors (Lipinski definition) is 4. The fourth-order valence-corrected chi connectivity index (χ4v) is 2.32. The molecular weight excluding hydrogens is 288 g/mol. The second-order valence-electron chi connectivity index (χ2n) is 4.68. The summed E-state index contributed by atoms with van der Waals surface area (Å²) >= 11 is 6.03. The van der Waals surface area contributed by atoms with Crippen molar-refractivity contribution >= 4 is 17.4 Å². The van der Waals surface area contributed by atoms with Crippen LogP contribution in [0.1, 0.15) is 5.56 Å². The van der Waals surface area contributed by atoms with Gasteiger partial charge in [-0.3, -0.25) is 0 Å². The van der Waals surface area contributed by atoms with Crippen molar-refractivity contribution in [2.75, 3.05) is 5.73 Å². The maximum Gasteiger partial charge on any atom is 0.156 e. The Morgan fingerprint density at radius 3 is 2.71 bits per heavy atom. The molecule has 0 fully saturated rings. The molecule has 2 aromatic carbocycles. The zero-order valence-electron chi connectivity index (χ0n) is 11.3. The number of nitrogens with two attached hydrogens (primary N) is 1. The van der Waals surface area contributed by atoms with Crippen LogP contribution in [0.25, 0.3) is 16.9 Å². The van der Waals surface area contributed by atoms with E-state index in [0.29, 0.717) is 22.2 Å². The SMILES string of the molecule is Cc1ccc(Cl)cc1-c1nnn(-c2ccccc2O)c1N. The molecule has 0 radical (unpaired) electrons. The first-order valence-corrected chi connectivity index (χ1v) is 6.72. The molecule has 0 saturated carbocycles. The monoisotopic (exact) mass is 300 g/mol. The Kier molecular flexibility index (Phi) is 3.27. The topological polar surface area (TPSA) is 77.0 Å². The first-order chi connectivity index (χ1) is 10.1. The number of benzene rings is 2. The third-order valence-corrected chi connectivity index (χ3v) is 3.50. The largest absolute Gasteiger partial charge is 0.506 e. The highest BCUT2D eigenvalue weighted by Gasteiger charge is 2.16. The number of nitrogen functional groups attached to an aromatic ring is 1. The lowest BCUT2D eigenvalue weighted by molar-refractivity contribution is 0.470. The summed E-state index contributed by atoms with van der Waals surface area (Å²) in [4.78, 5) is 0. The molecule has 0 aliphatic rings. The Morgan fingerprint density at radius 2 is 1.95 bits per heavy atom. The lowest BCUT2D eigenvalue weighted by atomic mass is 10.1. The molecule has 0 bridgehead atoms. The Morgan fingerprint density at radius 1 is 1.19 bits per heavy atom. The normalized spacial score (nSPS) is 10.8. The molecule has 0 aliphatic carbocycles. The number of phenols is 1. The van der Waals surface area contributed by atoms with Crippen LogP contribution in [-0.2, 0) is 0 Å². The van der Waals surface area contributed by atoms with Crippen LogP contribution in [0.2, 0.25) is 5.02 Å². The molecule has 1 heterocycles. The van der Waals surface area contributed by atoms with Gasteiger partial charge in [-0.05, 0) is 36.8 Å². The number of para-hydroxylation sites is 2. The van der Waals surface area contributed by atoms with Crippen molar-refractivity contribution in [2.24, 2.45) is 0 Å². The lowest BCUT2D eigenvalue weighted by Gasteiger charge is -2.07. The number of aryl methyl sites for hydroxylation is 1. The lowest BCUT2D eigenvalue weighted by Crippen LogP contribution is -2.02. The molecule has 3 N–H and O–H groups in total. The fourth-order valence-electron chi connectivity index (χ4n) is 2.15. The Bertz CT molecular complexity index is 813. The standard InChI is InChI=1S/C15H13ClN4O/c1-9-6-7-10(16)8-11(9)14-15(17)20(19-18-14)12-4-2-3-5-13(12)21/h2-8,21H,17H2,1H3. The third kappa shape index (κ3) is 2.32. The molecule has 0 unspecified atom stereocenters. The van der Waals surface area contributed by atoms with E-state index in [4.69, 9.17) is 17.3 Å². The summed E-state index contributed by atoms with van der Waals surface area (Å²) in [6.45, 7) is 1.95. The summed E-state index contributed by atoms with van der Waals surface area (Å²) < 4.78 is 1.41. The number of aromatic nitrogens is 3. The van der Waals surface area contributed by atoms with Crippen LogP contribution in [-0.4, -0.2) is 20.1 Å². The van der Waals surface area contributed by atoms with E-state index in [0.717, 1.165) is 11.1 Å². The van der Waals surface area contributed by atoms with Gasteiger partial charge in [0.15, 0.2) is 5.82 Å². The summed E-state index contributed by atoms with van der Waals surface area (Å²) in [7, 11) is 0. The summed E-state index contributed by atoms with van der Waals surface area (Å²) in [6, 6.07) is 12.3. The minimum atomic E-state index is 0.0865. The molecular formula is C15H13ClN4O. The van der Waals surface area contributed by atoms with Crippen molar-refractivity contribution in [3.63, 3.8) is 0 Å². The average molecular weight is 301 g/mol. The highest BCUT2D eigenvalue weighted by Crippen LogP contribution is 2.31. The molecule has 0 saturated heterocycles. The van der Waals surface area contributed by atoms with Gasteiger partial charge in [-0.1, -0.05) is 35.0 Å². The van der Waals surface area contributed by atoms with E-state index in [2.05, 4.69) is 10.3 Å². The van der Waals surface area contributed by atoms with Gasteiger partial charge in [0.25, 0.3) is 0 Å². The number of phenolic OH excluding ortho intramolecular Hbond substituents is 1. The Hall–Kier alpha value is -2.53. The number of halogens is 1. The van der Waals surface area contributed by atoms with Gasteiger partial charge in [0.05, 0.1) is 0 Å². The van der Waals surface area contributed by atoms with Crippen LogP contribution in [0.4, 0.5) is 5.82 Å². The van der Waals surface area contributed by atoms with Crippen LogP contribution in [0.3, 0.4) is 0 Å². The van der Waals surface area contributed by atoms with E-state index < -0.39 is 0 Å². The Balaban J connectivity index is 2.16. The van der Waals surface area contributed by atoms with Gasteiger partial charge >= 0.3 is 0 Å². The van der Waals surface area contributed by atoms with E-state index in [1.165, 1.54) is 4.68 Å².